The number of phenols is 1. The number of methoxy groups -OCH3 is 1. The van der Waals surface area contributed by atoms with E-state index in [0.29, 0.717) is 17.9 Å². The molecule has 0 unspecified atom stereocenters. The highest BCUT2D eigenvalue weighted by Crippen LogP contribution is 2.32. The van der Waals surface area contributed by atoms with Gasteiger partial charge in [0.25, 0.3) is 5.91 Å². The van der Waals surface area contributed by atoms with Gasteiger partial charge in [-0.25, -0.2) is 0 Å². The van der Waals surface area contributed by atoms with E-state index in [1.165, 1.54) is 7.11 Å². The number of aromatic hydroxyl groups is 1. The Morgan fingerprint density at radius 1 is 1.32 bits per heavy atom. The fourth-order valence-electron chi connectivity index (χ4n) is 3.01. The second-order valence-electron chi connectivity index (χ2n) is 6.34. The Kier molecular flexibility index (Phi) is 3.80. The summed E-state index contributed by atoms with van der Waals surface area (Å²) in [4.78, 5) is 14.9. The van der Waals surface area contributed by atoms with Crippen LogP contribution in [0.3, 0.4) is 0 Å². The molecule has 1 saturated carbocycles. The average molecular weight is 337 g/mol. The summed E-state index contributed by atoms with van der Waals surface area (Å²) in [6, 6.07) is 11.0. The maximum absolute atomic E-state index is 13.0. The van der Waals surface area contributed by atoms with Crippen molar-refractivity contribution in [1.29, 1.82) is 0 Å². The molecule has 3 aromatic rings. The zero-order valence-corrected chi connectivity index (χ0v) is 13.9. The van der Waals surface area contributed by atoms with E-state index in [1.807, 2.05) is 29.2 Å². The summed E-state index contributed by atoms with van der Waals surface area (Å²) >= 11 is 0. The second kappa shape index (κ2) is 6.12. The lowest BCUT2D eigenvalue weighted by Crippen LogP contribution is -2.32. The molecular weight excluding hydrogens is 318 g/mol. The number of nitrogens with zero attached hydrogens (tertiary/aromatic N) is 2. The number of benzene rings is 2. The highest BCUT2D eigenvalue weighted by molar-refractivity contribution is 5.98. The van der Waals surface area contributed by atoms with Gasteiger partial charge in [0.15, 0.2) is 11.5 Å². The van der Waals surface area contributed by atoms with E-state index in [-0.39, 0.29) is 17.7 Å². The zero-order valence-electron chi connectivity index (χ0n) is 13.9. The third kappa shape index (κ3) is 3.03. The number of ether oxygens (including phenoxy) is 1. The predicted molar refractivity (Wildman–Crippen MR) is 93.6 cm³/mol. The van der Waals surface area contributed by atoms with Gasteiger partial charge < -0.3 is 14.7 Å². The number of nitrogens with one attached hydrogen (secondary N) is 1. The van der Waals surface area contributed by atoms with Crippen molar-refractivity contribution in [3.05, 3.63) is 53.7 Å². The number of fused-ring (bicyclic) bond motifs is 1. The zero-order chi connectivity index (χ0) is 17.4. The number of hydrogen-bond donors (Lipinski definition) is 2. The van der Waals surface area contributed by atoms with Gasteiger partial charge in [-0.15, -0.1) is 0 Å². The van der Waals surface area contributed by atoms with Gasteiger partial charge in [-0.3, -0.25) is 9.89 Å². The first-order chi connectivity index (χ1) is 12.2. The molecule has 1 aliphatic rings. The number of carbonyl (C=O) groups excluding carboxylic acids is 1. The summed E-state index contributed by atoms with van der Waals surface area (Å²) in [6.45, 7) is 0.490. The Balaban J connectivity index is 1.61. The molecule has 1 heterocycles. The van der Waals surface area contributed by atoms with Crippen molar-refractivity contribution < 1.29 is 14.6 Å². The summed E-state index contributed by atoms with van der Waals surface area (Å²) in [5.74, 6) is 0.527. The molecule has 0 aliphatic heterocycles. The number of carbonyl (C=O) groups is 1. The molecule has 1 amide bonds. The topological polar surface area (TPSA) is 78.5 Å². The van der Waals surface area contributed by atoms with Crippen LogP contribution in [0.4, 0.5) is 0 Å². The van der Waals surface area contributed by atoms with Gasteiger partial charge in [-0.1, -0.05) is 6.07 Å². The van der Waals surface area contributed by atoms with E-state index >= 15 is 0 Å². The first-order valence-electron chi connectivity index (χ1n) is 8.25. The van der Waals surface area contributed by atoms with Crippen LogP contribution in [0.25, 0.3) is 10.9 Å². The molecule has 0 radical (unpaired) electrons. The summed E-state index contributed by atoms with van der Waals surface area (Å²) in [7, 11) is 1.52. The first kappa shape index (κ1) is 15.5. The molecule has 2 aromatic carbocycles. The number of amides is 1. The Morgan fingerprint density at radius 2 is 2.16 bits per heavy atom. The van der Waals surface area contributed by atoms with Gasteiger partial charge in [0, 0.05) is 23.5 Å². The Labute approximate surface area is 145 Å². The molecule has 1 fully saturated rings. The van der Waals surface area contributed by atoms with E-state index < -0.39 is 0 Å². The van der Waals surface area contributed by atoms with Gasteiger partial charge in [-0.2, -0.15) is 5.10 Å². The van der Waals surface area contributed by atoms with Crippen LogP contribution in [-0.2, 0) is 6.54 Å². The standard InChI is InChI=1S/C19H19N3O3/c1-25-18-8-12(2-7-17(18)23)11-22(15-4-5-15)19(24)13-3-6-16-14(9-13)10-20-21-16/h2-3,6-10,15,23H,4-5,11H2,1H3,(H,20,21). The molecule has 25 heavy (non-hydrogen) atoms. The molecule has 0 atom stereocenters. The smallest absolute Gasteiger partial charge is 0.254 e. The minimum atomic E-state index is 0.0117. The maximum atomic E-state index is 13.0. The van der Waals surface area contributed by atoms with Crippen LogP contribution in [0.5, 0.6) is 11.5 Å². The molecule has 0 bridgehead atoms. The SMILES string of the molecule is COc1cc(CN(C(=O)c2ccc3[nH]ncc3c2)C2CC2)ccc1O. The molecule has 1 aromatic heterocycles. The second-order valence-corrected chi connectivity index (χ2v) is 6.34. The molecule has 1 aliphatic carbocycles. The van der Waals surface area contributed by atoms with Crippen molar-refractivity contribution in [1.82, 2.24) is 15.1 Å². The van der Waals surface area contributed by atoms with E-state index in [9.17, 15) is 9.90 Å². The molecule has 4 rings (SSSR count). The van der Waals surface area contributed by atoms with Crippen molar-refractivity contribution in [3.8, 4) is 11.5 Å². The predicted octanol–water partition coefficient (Wildman–Crippen LogP) is 3.08. The van der Waals surface area contributed by atoms with Gasteiger partial charge in [0.2, 0.25) is 0 Å². The minimum absolute atomic E-state index is 0.0117. The minimum Gasteiger partial charge on any atom is -0.504 e. The number of H-pyrrole nitrogens is 1. The Morgan fingerprint density at radius 3 is 2.92 bits per heavy atom. The molecule has 0 spiro atoms. The van der Waals surface area contributed by atoms with Crippen LogP contribution in [0.1, 0.15) is 28.8 Å². The van der Waals surface area contributed by atoms with Gasteiger partial charge in [-0.05, 0) is 48.7 Å². The lowest BCUT2D eigenvalue weighted by Gasteiger charge is -2.23. The summed E-state index contributed by atoms with van der Waals surface area (Å²) in [5.41, 5.74) is 2.50. The lowest BCUT2D eigenvalue weighted by molar-refractivity contribution is 0.0730. The van der Waals surface area contributed by atoms with Crippen LogP contribution in [-0.4, -0.2) is 39.3 Å². The highest BCUT2D eigenvalue weighted by atomic mass is 16.5. The monoisotopic (exact) mass is 337 g/mol. The van der Waals surface area contributed by atoms with Gasteiger partial charge in [0.05, 0.1) is 18.8 Å². The number of aromatic nitrogens is 2. The quantitative estimate of drug-likeness (QED) is 0.750. The van der Waals surface area contributed by atoms with Crippen molar-refractivity contribution in [3.63, 3.8) is 0 Å². The van der Waals surface area contributed by atoms with E-state index in [2.05, 4.69) is 10.2 Å². The largest absolute Gasteiger partial charge is 0.504 e. The summed E-state index contributed by atoms with van der Waals surface area (Å²) < 4.78 is 5.16. The average Bonchev–Trinajstić information content (AvgIpc) is 3.36. The van der Waals surface area contributed by atoms with Crippen LogP contribution in [0, 0.1) is 0 Å². The highest BCUT2D eigenvalue weighted by Gasteiger charge is 2.33. The fourth-order valence-corrected chi connectivity index (χ4v) is 3.01. The van der Waals surface area contributed by atoms with Crippen LogP contribution in [0.2, 0.25) is 0 Å². The maximum Gasteiger partial charge on any atom is 0.254 e. The Bertz CT molecular complexity index is 931. The lowest BCUT2D eigenvalue weighted by atomic mass is 10.1. The number of phenolic OH excluding ortho intramolecular Hbond substituents is 1. The molecule has 0 saturated heterocycles. The summed E-state index contributed by atoms with van der Waals surface area (Å²) in [6.07, 6.45) is 3.77. The molecule has 6 heteroatoms. The van der Waals surface area contributed by atoms with Crippen LogP contribution in [0.15, 0.2) is 42.6 Å². The van der Waals surface area contributed by atoms with Crippen molar-refractivity contribution in [2.75, 3.05) is 7.11 Å². The first-order valence-corrected chi connectivity index (χ1v) is 8.25. The third-order valence-electron chi connectivity index (χ3n) is 4.53. The van der Waals surface area contributed by atoms with Crippen molar-refractivity contribution in [2.45, 2.75) is 25.4 Å². The van der Waals surface area contributed by atoms with Crippen molar-refractivity contribution >= 4 is 16.8 Å². The molecule has 6 nitrogen and oxygen atoms in total. The number of hydrogen-bond acceptors (Lipinski definition) is 4. The fraction of sp³-hybridized carbons (Fsp3) is 0.263. The normalized spacial score (nSPS) is 13.8. The van der Waals surface area contributed by atoms with E-state index in [4.69, 9.17) is 4.74 Å². The van der Waals surface area contributed by atoms with Crippen LogP contribution >= 0.6 is 0 Å². The van der Waals surface area contributed by atoms with Crippen molar-refractivity contribution in [2.24, 2.45) is 0 Å². The van der Waals surface area contributed by atoms with Crippen LogP contribution < -0.4 is 4.74 Å². The van der Waals surface area contributed by atoms with Gasteiger partial charge in [0.1, 0.15) is 0 Å². The van der Waals surface area contributed by atoms with E-state index in [1.54, 1.807) is 18.3 Å². The molecule has 128 valence electrons. The molecule has 2 N–H and O–H groups in total. The Hall–Kier alpha value is -3.02. The number of rotatable bonds is 5. The third-order valence-corrected chi connectivity index (χ3v) is 4.53. The van der Waals surface area contributed by atoms with E-state index in [0.717, 1.165) is 29.3 Å². The van der Waals surface area contributed by atoms with Gasteiger partial charge >= 0.3 is 0 Å². The number of aromatic amines is 1. The summed E-state index contributed by atoms with van der Waals surface area (Å²) in [5, 5.41) is 17.6. The molecular formula is C19H19N3O3.